The Bertz CT molecular complexity index is 420. The standard InChI is InChI=1S/C13H18N2O3.ClH/c1-3-18-11(16)8-15-13(17)12(14)10-6-4-9(2)5-7-10;/h4-7,12H,3,8,14H2,1-2H3,(H,15,17);1H. The first-order valence-corrected chi connectivity index (χ1v) is 5.80. The fourth-order valence-electron chi connectivity index (χ4n) is 1.41. The zero-order chi connectivity index (χ0) is 13.5. The van der Waals surface area contributed by atoms with Crippen LogP contribution >= 0.6 is 12.4 Å². The van der Waals surface area contributed by atoms with Crippen molar-refractivity contribution in [1.82, 2.24) is 5.32 Å². The molecule has 1 atom stereocenters. The van der Waals surface area contributed by atoms with Gasteiger partial charge in [0.1, 0.15) is 12.6 Å². The van der Waals surface area contributed by atoms with Crippen LogP contribution in [0.15, 0.2) is 24.3 Å². The summed E-state index contributed by atoms with van der Waals surface area (Å²) in [6, 6.07) is 6.58. The van der Waals surface area contributed by atoms with Crippen molar-refractivity contribution < 1.29 is 14.3 Å². The van der Waals surface area contributed by atoms with E-state index in [-0.39, 0.29) is 19.0 Å². The van der Waals surface area contributed by atoms with Crippen molar-refractivity contribution in [3.8, 4) is 0 Å². The van der Waals surface area contributed by atoms with Crippen molar-refractivity contribution in [1.29, 1.82) is 0 Å². The number of halogens is 1. The zero-order valence-corrected chi connectivity index (χ0v) is 11.8. The van der Waals surface area contributed by atoms with Crippen molar-refractivity contribution >= 4 is 24.3 Å². The lowest BCUT2D eigenvalue weighted by Gasteiger charge is -2.12. The van der Waals surface area contributed by atoms with Gasteiger partial charge in [0, 0.05) is 0 Å². The molecule has 0 aliphatic rings. The maximum atomic E-state index is 11.7. The van der Waals surface area contributed by atoms with Crippen LogP contribution in [-0.4, -0.2) is 25.0 Å². The van der Waals surface area contributed by atoms with Gasteiger partial charge in [-0.3, -0.25) is 9.59 Å². The molecule has 1 rings (SSSR count). The fourth-order valence-corrected chi connectivity index (χ4v) is 1.41. The second kappa shape index (κ2) is 8.50. The average Bonchev–Trinajstić information content (AvgIpc) is 2.36. The molecule has 1 aromatic rings. The number of hydrogen-bond acceptors (Lipinski definition) is 4. The zero-order valence-electron chi connectivity index (χ0n) is 11.0. The minimum atomic E-state index is -0.778. The van der Waals surface area contributed by atoms with Crippen molar-refractivity contribution in [2.75, 3.05) is 13.2 Å². The summed E-state index contributed by atoms with van der Waals surface area (Å²) in [4.78, 5) is 22.8. The number of rotatable bonds is 5. The number of amides is 1. The van der Waals surface area contributed by atoms with E-state index in [1.165, 1.54) is 0 Å². The maximum Gasteiger partial charge on any atom is 0.325 e. The Kier molecular flexibility index (Phi) is 7.79. The van der Waals surface area contributed by atoms with Crippen LogP contribution in [0.2, 0.25) is 0 Å². The Labute approximate surface area is 118 Å². The molecule has 0 aromatic heterocycles. The lowest BCUT2D eigenvalue weighted by atomic mass is 10.1. The topological polar surface area (TPSA) is 81.4 Å². The van der Waals surface area contributed by atoms with Crippen molar-refractivity contribution in [2.45, 2.75) is 19.9 Å². The minimum absolute atomic E-state index is 0. The van der Waals surface area contributed by atoms with E-state index in [0.717, 1.165) is 5.56 Å². The highest BCUT2D eigenvalue weighted by Crippen LogP contribution is 2.11. The van der Waals surface area contributed by atoms with Gasteiger partial charge in [-0.15, -0.1) is 12.4 Å². The molecule has 0 heterocycles. The molecule has 5 nitrogen and oxygen atoms in total. The summed E-state index contributed by atoms with van der Waals surface area (Å²) >= 11 is 0. The molecule has 0 fully saturated rings. The first-order chi connectivity index (χ1) is 8.54. The van der Waals surface area contributed by atoms with E-state index in [9.17, 15) is 9.59 Å². The predicted molar refractivity (Wildman–Crippen MR) is 75.0 cm³/mol. The van der Waals surface area contributed by atoms with E-state index in [0.29, 0.717) is 12.2 Å². The number of hydrogen-bond donors (Lipinski definition) is 2. The van der Waals surface area contributed by atoms with Gasteiger partial charge in [-0.25, -0.2) is 0 Å². The molecule has 106 valence electrons. The molecule has 0 radical (unpaired) electrons. The van der Waals surface area contributed by atoms with Crippen molar-refractivity contribution in [3.63, 3.8) is 0 Å². The van der Waals surface area contributed by atoms with E-state index in [2.05, 4.69) is 5.32 Å². The number of nitrogens with one attached hydrogen (secondary N) is 1. The van der Waals surface area contributed by atoms with Crippen LogP contribution in [0.5, 0.6) is 0 Å². The smallest absolute Gasteiger partial charge is 0.325 e. The third kappa shape index (κ3) is 5.72. The van der Waals surface area contributed by atoms with Gasteiger partial charge in [0.2, 0.25) is 5.91 Å². The number of carbonyl (C=O) groups is 2. The molecule has 0 bridgehead atoms. The van der Waals surface area contributed by atoms with Crippen LogP contribution in [0.1, 0.15) is 24.1 Å². The van der Waals surface area contributed by atoms with Gasteiger partial charge in [-0.2, -0.15) is 0 Å². The number of nitrogens with two attached hydrogens (primary N) is 1. The molecule has 1 aromatic carbocycles. The monoisotopic (exact) mass is 286 g/mol. The van der Waals surface area contributed by atoms with Gasteiger partial charge in [-0.1, -0.05) is 29.8 Å². The predicted octanol–water partition coefficient (Wildman–Crippen LogP) is 1.10. The van der Waals surface area contributed by atoms with Crippen LogP contribution in [-0.2, 0) is 14.3 Å². The van der Waals surface area contributed by atoms with Gasteiger partial charge in [0.05, 0.1) is 6.61 Å². The van der Waals surface area contributed by atoms with Gasteiger partial charge in [0.25, 0.3) is 0 Å². The maximum absolute atomic E-state index is 11.7. The lowest BCUT2D eigenvalue weighted by Crippen LogP contribution is -2.37. The Morgan fingerprint density at radius 1 is 1.32 bits per heavy atom. The summed E-state index contributed by atoms with van der Waals surface area (Å²) < 4.78 is 4.70. The SMILES string of the molecule is CCOC(=O)CNC(=O)C(N)c1ccc(C)cc1.Cl. The lowest BCUT2D eigenvalue weighted by molar-refractivity contribution is -0.143. The molecule has 0 saturated heterocycles. The highest BCUT2D eigenvalue weighted by atomic mass is 35.5. The summed E-state index contributed by atoms with van der Waals surface area (Å²) in [5.74, 6) is -0.867. The molecular weight excluding hydrogens is 268 g/mol. The van der Waals surface area contributed by atoms with Crippen LogP contribution < -0.4 is 11.1 Å². The average molecular weight is 287 g/mol. The number of benzene rings is 1. The molecular formula is C13H19ClN2O3. The van der Waals surface area contributed by atoms with Crippen LogP contribution in [0, 0.1) is 6.92 Å². The van der Waals surface area contributed by atoms with Crippen molar-refractivity contribution in [3.05, 3.63) is 35.4 Å². The molecule has 0 aliphatic carbocycles. The highest BCUT2D eigenvalue weighted by Gasteiger charge is 2.16. The molecule has 19 heavy (non-hydrogen) atoms. The van der Waals surface area contributed by atoms with Gasteiger partial charge in [0.15, 0.2) is 0 Å². The summed E-state index contributed by atoms with van der Waals surface area (Å²) in [6.45, 7) is 3.79. The molecule has 0 saturated carbocycles. The minimum Gasteiger partial charge on any atom is -0.465 e. The van der Waals surface area contributed by atoms with Crippen molar-refractivity contribution in [2.24, 2.45) is 5.73 Å². The van der Waals surface area contributed by atoms with Gasteiger partial charge >= 0.3 is 5.97 Å². The van der Waals surface area contributed by atoms with Crippen LogP contribution in [0.25, 0.3) is 0 Å². The first-order valence-electron chi connectivity index (χ1n) is 5.80. The molecule has 6 heteroatoms. The Balaban J connectivity index is 0.00000324. The first kappa shape index (κ1) is 17.4. The van der Waals surface area contributed by atoms with E-state index < -0.39 is 17.9 Å². The van der Waals surface area contributed by atoms with Crippen LogP contribution in [0.4, 0.5) is 0 Å². The van der Waals surface area contributed by atoms with E-state index >= 15 is 0 Å². The summed E-state index contributed by atoms with van der Waals surface area (Å²) in [7, 11) is 0. The van der Waals surface area contributed by atoms with Gasteiger partial charge in [-0.05, 0) is 19.4 Å². The molecule has 1 unspecified atom stereocenters. The normalized spacial score (nSPS) is 11.1. The molecule has 1 amide bonds. The number of ether oxygens (including phenoxy) is 1. The quantitative estimate of drug-likeness (QED) is 0.794. The van der Waals surface area contributed by atoms with Gasteiger partial charge < -0.3 is 15.8 Å². The third-order valence-corrected chi connectivity index (χ3v) is 2.43. The summed E-state index contributed by atoms with van der Waals surface area (Å²) in [5.41, 5.74) is 7.59. The highest BCUT2D eigenvalue weighted by molar-refractivity contribution is 5.86. The Morgan fingerprint density at radius 3 is 2.42 bits per heavy atom. The molecule has 0 spiro atoms. The fraction of sp³-hybridized carbons (Fsp3) is 0.385. The Hall–Kier alpha value is -1.59. The van der Waals surface area contributed by atoms with E-state index in [4.69, 9.17) is 10.5 Å². The second-order valence-corrected chi connectivity index (χ2v) is 3.91. The van der Waals surface area contributed by atoms with Crippen LogP contribution in [0.3, 0.4) is 0 Å². The third-order valence-electron chi connectivity index (χ3n) is 2.43. The number of aryl methyl sites for hydroxylation is 1. The molecule has 3 N–H and O–H groups in total. The summed E-state index contributed by atoms with van der Waals surface area (Å²) in [5, 5.41) is 2.44. The molecule has 0 aliphatic heterocycles. The van der Waals surface area contributed by atoms with E-state index in [1.807, 2.05) is 19.1 Å². The van der Waals surface area contributed by atoms with E-state index in [1.54, 1.807) is 19.1 Å². The largest absolute Gasteiger partial charge is 0.465 e. The number of carbonyl (C=O) groups excluding carboxylic acids is 2. The Morgan fingerprint density at radius 2 is 1.89 bits per heavy atom. The number of esters is 1. The summed E-state index contributed by atoms with van der Waals surface area (Å²) in [6.07, 6.45) is 0. The second-order valence-electron chi connectivity index (χ2n) is 3.91.